The van der Waals surface area contributed by atoms with E-state index >= 15 is 0 Å². The third-order valence-corrected chi connectivity index (χ3v) is 2.45. The fourth-order valence-corrected chi connectivity index (χ4v) is 1.59. The van der Waals surface area contributed by atoms with E-state index in [-0.39, 0.29) is 0 Å². The molecule has 5 heteroatoms. The van der Waals surface area contributed by atoms with Gasteiger partial charge in [0.2, 0.25) is 0 Å². The van der Waals surface area contributed by atoms with Gasteiger partial charge >= 0.3 is 0 Å². The molecule has 1 heterocycles. The lowest BCUT2D eigenvalue weighted by Crippen LogP contribution is -1.97. The number of nitrogens with two attached hydrogens (primary N) is 1. The number of aromatic nitrogens is 2. The molecule has 0 aliphatic carbocycles. The number of nitrogen functional groups attached to an aromatic ring is 1. The van der Waals surface area contributed by atoms with Crippen molar-refractivity contribution < 1.29 is 9.47 Å². The van der Waals surface area contributed by atoms with E-state index in [0.29, 0.717) is 11.6 Å². The van der Waals surface area contributed by atoms with Crippen LogP contribution in [0.25, 0.3) is 11.1 Å². The molecule has 2 aromatic rings. The Balaban J connectivity index is 2.56. The second-order valence-electron chi connectivity index (χ2n) is 3.40. The molecular formula is C12H13N3O2. The van der Waals surface area contributed by atoms with Crippen LogP contribution in [0.5, 0.6) is 11.5 Å². The van der Waals surface area contributed by atoms with Gasteiger partial charge in [-0.1, -0.05) is 0 Å². The highest BCUT2D eigenvalue weighted by Gasteiger charge is 2.10. The van der Waals surface area contributed by atoms with Crippen molar-refractivity contribution in [2.24, 2.45) is 0 Å². The molecule has 1 aromatic carbocycles. The maximum atomic E-state index is 5.79. The third kappa shape index (κ3) is 2.13. The van der Waals surface area contributed by atoms with Gasteiger partial charge in [-0.3, -0.25) is 0 Å². The lowest BCUT2D eigenvalue weighted by Gasteiger charge is -2.11. The lowest BCUT2D eigenvalue weighted by molar-refractivity contribution is 0.395. The molecule has 0 fully saturated rings. The van der Waals surface area contributed by atoms with Crippen molar-refractivity contribution in [3.63, 3.8) is 0 Å². The zero-order chi connectivity index (χ0) is 12.3. The van der Waals surface area contributed by atoms with Gasteiger partial charge in [-0.25, -0.2) is 0 Å². The molecule has 2 rings (SSSR count). The first-order valence-corrected chi connectivity index (χ1v) is 5.06. The number of hydrogen-bond acceptors (Lipinski definition) is 5. The van der Waals surface area contributed by atoms with Crippen LogP contribution in [0.2, 0.25) is 0 Å². The monoisotopic (exact) mass is 231 g/mol. The van der Waals surface area contributed by atoms with Gasteiger partial charge in [0.25, 0.3) is 0 Å². The molecule has 2 N–H and O–H groups in total. The number of hydrogen-bond donors (Lipinski definition) is 1. The van der Waals surface area contributed by atoms with E-state index in [0.717, 1.165) is 16.9 Å². The van der Waals surface area contributed by atoms with E-state index in [2.05, 4.69) is 10.2 Å². The quantitative estimate of drug-likeness (QED) is 0.871. The predicted molar refractivity (Wildman–Crippen MR) is 65.0 cm³/mol. The van der Waals surface area contributed by atoms with Crippen molar-refractivity contribution in [2.45, 2.75) is 0 Å². The van der Waals surface area contributed by atoms with Gasteiger partial charge in [0, 0.05) is 17.2 Å². The van der Waals surface area contributed by atoms with Gasteiger partial charge in [-0.2, -0.15) is 5.10 Å². The summed E-state index contributed by atoms with van der Waals surface area (Å²) in [5.74, 6) is 1.78. The van der Waals surface area contributed by atoms with Crippen LogP contribution in [0.3, 0.4) is 0 Å². The zero-order valence-electron chi connectivity index (χ0n) is 9.68. The second kappa shape index (κ2) is 4.69. The largest absolute Gasteiger partial charge is 0.497 e. The highest BCUT2D eigenvalue weighted by molar-refractivity contribution is 5.78. The molecule has 0 spiro atoms. The van der Waals surface area contributed by atoms with Crippen LogP contribution in [-0.4, -0.2) is 24.4 Å². The summed E-state index contributed by atoms with van der Waals surface area (Å²) in [5.41, 5.74) is 7.44. The predicted octanol–water partition coefficient (Wildman–Crippen LogP) is 1.74. The Hall–Kier alpha value is -2.30. The number of benzene rings is 1. The Bertz CT molecular complexity index is 529. The molecular weight excluding hydrogens is 218 g/mol. The van der Waals surface area contributed by atoms with E-state index < -0.39 is 0 Å². The van der Waals surface area contributed by atoms with Gasteiger partial charge in [0.1, 0.15) is 11.5 Å². The molecule has 0 bridgehead atoms. The number of nitrogens with zero attached hydrogens (tertiary/aromatic N) is 2. The maximum absolute atomic E-state index is 5.79. The smallest absolute Gasteiger partial charge is 0.154 e. The van der Waals surface area contributed by atoms with Crippen LogP contribution in [-0.2, 0) is 0 Å². The number of anilines is 1. The summed E-state index contributed by atoms with van der Waals surface area (Å²) >= 11 is 0. The van der Waals surface area contributed by atoms with Crippen LogP contribution in [0.1, 0.15) is 0 Å². The molecule has 0 radical (unpaired) electrons. The molecule has 0 unspecified atom stereocenters. The minimum atomic E-state index is 0.371. The van der Waals surface area contributed by atoms with Crippen molar-refractivity contribution >= 4 is 5.82 Å². The molecule has 0 aliphatic heterocycles. The van der Waals surface area contributed by atoms with E-state index in [1.165, 1.54) is 0 Å². The Morgan fingerprint density at radius 1 is 1.06 bits per heavy atom. The summed E-state index contributed by atoms with van der Waals surface area (Å²) in [5, 5.41) is 7.53. The first-order valence-electron chi connectivity index (χ1n) is 5.06. The fraction of sp³-hybridized carbons (Fsp3) is 0.167. The summed E-state index contributed by atoms with van der Waals surface area (Å²) < 4.78 is 10.5. The van der Waals surface area contributed by atoms with Gasteiger partial charge in [0.15, 0.2) is 5.82 Å². The summed E-state index contributed by atoms with van der Waals surface area (Å²) in [6.07, 6.45) is 1.59. The minimum Gasteiger partial charge on any atom is -0.497 e. The number of ether oxygens (including phenoxy) is 2. The Kier molecular flexibility index (Phi) is 3.09. The Morgan fingerprint density at radius 3 is 2.53 bits per heavy atom. The first kappa shape index (κ1) is 11.2. The lowest BCUT2D eigenvalue weighted by atomic mass is 10.1. The van der Waals surface area contributed by atoms with Crippen LogP contribution in [0.15, 0.2) is 30.5 Å². The third-order valence-electron chi connectivity index (χ3n) is 2.45. The molecule has 0 saturated heterocycles. The molecule has 0 aliphatic rings. The molecule has 88 valence electrons. The standard InChI is InChI=1S/C12H13N3O2/c1-16-8-3-4-9(11(7-8)17-2)10-5-6-14-15-12(10)13/h3-7H,1-2H3,(H2,13,15). The van der Waals surface area contributed by atoms with Gasteiger partial charge in [0.05, 0.1) is 20.4 Å². The molecule has 0 atom stereocenters. The van der Waals surface area contributed by atoms with E-state index in [4.69, 9.17) is 15.2 Å². The van der Waals surface area contributed by atoms with Crippen molar-refractivity contribution in [3.8, 4) is 22.6 Å². The van der Waals surface area contributed by atoms with Crippen LogP contribution >= 0.6 is 0 Å². The summed E-state index contributed by atoms with van der Waals surface area (Å²) in [6, 6.07) is 7.32. The summed E-state index contributed by atoms with van der Waals surface area (Å²) in [4.78, 5) is 0. The molecule has 1 aromatic heterocycles. The van der Waals surface area contributed by atoms with Crippen LogP contribution in [0.4, 0.5) is 5.82 Å². The van der Waals surface area contributed by atoms with Crippen molar-refractivity contribution in [3.05, 3.63) is 30.5 Å². The number of rotatable bonds is 3. The fourth-order valence-electron chi connectivity index (χ4n) is 1.59. The van der Waals surface area contributed by atoms with E-state index in [9.17, 15) is 0 Å². The SMILES string of the molecule is COc1ccc(-c2ccnnc2N)c(OC)c1. The zero-order valence-corrected chi connectivity index (χ0v) is 9.68. The van der Waals surface area contributed by atoms with Crippen molar-refractivity contribution in [1.29, 1.82) is 0 Å². The Morgan fingerprint density at radius 2 is 1.88 bits per heavy atom. The number of methoxy groups -OCH3 is 2. The van der Waals surface area contributed by atoms with E-state index in [1.54, 1.807) is 32.5 Å². The maximum Gasteiger partial charge on any atom is 0.154 e. The molecule has 0 amide bonds. The van der Waals surface area contributed by atoms with E-state index in [1.807, 2.05) is 12.1 Å². The van der Waals surface area contributed by atoms with Gasteiger partial charge < -0.3 is 15.2 Å². The van der Waals surface area contributed by atoms with Crippen molar-refractivity contribution in [1.82, 2.24) is 10.2 Å². The van der Waals surface area contributed by atoms with Gasteiger partial charge in [-0.15, -0.1) is 5.10 Å². The topological polar surface area (TPSA) is 70.3 Å². The van der Waals surface area contributed by atoms with Gasteiger partial charge in [-0.05, 0) is 18.2 Å². The summed E-state index contributed by atoms with van der Waals surface area (Å²) in [6.45, 7) is 0. The molecule has 17 heavy (non-hydrogen) atoms. The van der Waals surface area contributed by atoms with Crippen LogP contribution < -0.4 is 15.2 Å². The average molecular weight is 231 g/mol. The highest BCUT2D eigenvalue weighted by atomic mass is 16.5. The minimum absolute atomic E-state index is 0.371. The summed E-state index contributed by atoms with van der Waals surface area (Å²) in [7, 11) is 3.21. The van der Waals surface area contributed by atoms with Crippen LogP contribution in [0, 0.1) is 0 Å². The average Bonchev–Trinajstić information content (AvgIpc) is 2.38. The molecule has 5 nitrogen and oxygen atoms in total. The highest BCUT2D eigenvalue weighted by Crippen LogP contribution is 2.34. The normalized spacial score (nSPS) is 10.0. The Labute approximate surface area is 99.2 Å². The molecule has 0 saturated carbocycles. The van der Waals surface area contributed by atoms with Crippen molar-refractivity contribution in [2.75, 3.05) is 20.0 Å². The first-order chi connectivity index (χ1) is 8.26. The second-order valence-corrected chi connectivity index (χ2v) is 3.40.